The molecule has 2 nitrogen and oxygen atoms in total. The molecule has 16 heavy (non-hydrogen) atoms. The number of para-hydroxylation sites is 1. The molecule has 1 aromatic heterocycles. The molecule has 0 bridgehead atoms. The highest BCUT2D eigenvalue weighted by molar-refractivity contribution is 7.80. The Balaban J connectivity index is 2.12. The van der Waals surface area contributed by atoms with Crippen LogP contribution in [0.15, 0.2) is 30.5 Å². The minimum absolute atomic E-state index is 0.898. The Labute approximate surface area is 102 Å². The summed E-state index contributed by atoms with van der Waals surface area (Å²) in [5.41, 5.74) is 2.73. The second kappa shape index (κ2) is 5.41. The number of hydrogen-bond donors (Lipinski definition) is 2. The van der Waals surface area contributed by atoms with Crippen molar-refractivity contribution in [2.75, 3.05) is 18.8 Å². The number of rotatable bonds is 5. The second-order valence-corrected chi connectivity index (χ2v) is 4.45. The van der Waals surface area contributed by atoms with E-state index in [0.29, 0.717) is 0 Å². The van der Waals surface area contributed by atoms with Gasteiger partial charge in [0.1, 0.15) is 0 Å². The SMILES string of the molecule is Cn1cc(CCNCCS)c2ccccc21. The van der Waals surface area contributed by atoms with E-state index in [-0.39, 0.29) is 0 Å². The lowest BCUT2D eigenvalue weighted by Crippen LogP contribution is -2.19. The van der Waals surface area contributed by atoms with E-state index in [9.17, 15) is 0 Å². The fourth-order valence-corrected chi connectivity index (χ4v) is 2.21. The van der Waals surface area contributed by atoms with E-state index in [1.807, 2.05) is 0 Å². The topological polar surface area (TPSA) is 17.0 Å². The fraction of sp³-hybridized carbons (Fsp3) is 0.385. The molecule has 86 valence electrons. The van der Waals surface area contributed by atoms with Gasteiger partial charge in [0.25, 0.3) is 0 Å². The Hall–Kier alpha value is -0.930. The van der Waals surface area contributed by atoms with E-state index in [1.54, 1.807) is 0 Å². The van der Waals surface area contributed by atoms with Crippen molar-refractivity contribution in [3.05, 3.63) is 36.0 Å². The van der Waals surface area contributed by atoms with Gasteiger partial charge in [-0.15, -0.1) is 0 Å². The smallest absolute Gasteiger partial charge is 0.0480 e. The number of aromatic nitrogens is 1. The second-order valence-electron chi connectivity index (χ2n) is 4.01. The molecule has 0 fully saturated rings. The Morgan fingerprint density at radius 3 is 2.88 bits per heavy atom. The maximum Gasteiger partial charge on any atom is 0.0480 e. The van der Waals surface area contributed by atoms with Gasteiger partial charge in [-0.1, -0.05) is 18.2 Å². The number of benzene rings is 1. The minimum Gasteiger partial charge on any atom is -0.350 e. The molecule has 0 radical (unpaired) electrons. The molecule has 3 heteroatoms. The lowest BCUT2D eigenvalue weighted by Gasteiger charge is -2.01. The summed E-state index contributed by atoms with van der Waals surface area (Å²) in [6.45, 7) is 2.00. The van der Waals surface area contributed by atoms with Crippen LogP contribution in [-0.2, 0) is 13.5 Å². The van der Waals surface area contributed by atoms with Crippen LogP contribution in [0.25, 0.3) is 10.9 Å². The van der Waals surface area contributed by atoms with Crippen LogP contribution in [0.1, 0.15) is 5.56 Å². The van der Waals surface area contributed by atoms with Crippen LogP contribution in [-0.4, -0.2) is 23.4 Å². The summed E-state index contributed by atoms with van der Waals surface area (Å²) in [6.07, 6.45) is 3.31. The van der Waals surface area contributed by atoms with Crippen molar-refractivity contribution >= 4 is 23.5 Å². The molecule has 1 N–H and O–H groups in total. The number of nitrogens with zero attached hydrogens (tertiary/aromatic N) is 1. The molecular weight excluding hydrogens is 216 g/mol. The first-order valence-corrected chi connectivity index (χ1v) is 6.30. The van der Waals surface area contributed by atoms with Crippen molar-refractivity contribution in [1.82, 2.24) is 9.88 Å². The molecule has 2 aromatic rings. The molecule has 2 rings (SSSR count). The van der Waals surface area contributed by atoms with Gasteiger partial charge in [0.15, 0.2) is 0 Å². The normalized spacial score (nSPS) is 11.1. The summed E-state index contributed by atoms with van der Waals surface area (Å²) in [5, 5.41) is 4.74. The van der Waals surface area contributed by atoms with Crippen molar-refractivity contribution < 1.29 is 0 Å². The summed E-state index contributed by atoms with van der Waals surface area (Å²) in [6, 6.07) is 8.56. The molecule has 1 aromatic carbocycles. The van der Waals surface area contributed by atoms with Crippen molar-refractivity contribution in [2.45, 2.75) is 6.42 Å². The fourth-order valence-electron chi connectivity index (χ4n) is 2.05. The maximum atomic E-state index is 4.18. The number of fused-ring (bicyclic) bond motifs is 1. The summed E-state index contributed by atoms with van der Waals surface area (Å²) in [7, 11) is 2.10. The van der Waals surface area contributed by atoms with Crippen LogP contribution in [0.5, 0.6) is 0 Å². The van der Waals surface area contributed by atoms with Gasteiger partial charge in [-0.2, -0.15) is 12.6 Å². The largest absolute Gasteiger partial charge is 0.350 e. The number of thiol groups is 1. The third kappa shape index (κ3) is 2.42. The average molecular weight is 234 g/mol. The van der Waals surface area contributed by atoms with Crippen LogP contribution < -0.4 is 5.32 Å². The third-order valence-corrected chi connectivity index (χ3v) is 3.06. The Morgan fingerprint density at radius 1 is 1.25 bits per heavy atom. The van der Waals surface area contributed by atoms with Gasteiger partial charge in [-0.3, -0.25) is 0 Å². The highest BCUT2D eigenvalue weighted by Crippen LogP contribution is 2.20. The van der Waals surface area contributed by atoms with E-state index < -0.39 is 0 Å². The van der Waals surface area contributed by atoms with E-state index in [4.69, 9.17) is 0 Å². The molecule has 0 atom stereocenters. The minimum atomic E-state index is 0.898. The molecule has 0 amide bonds. The quantitative estimate of drug-likeness (QED) is 0.599. The predicted octanol–water partition coefficient (Wildman–Crippen LogP) is 2.24. The first-order chi connectivity index (χ1) is 7.83. The zero-order chi connectivity index (χ0) is 11.4. The Kier molecular flexibility index (Phi) is 3.91. The predicted molar refractivity (Wildman–Crippen MR) is 73.3 cm³/mol. The highest BCUT2D eigenvalue weighted by atomic mass is 32.1. The van der Waals surface area contributed by atoms with Gasteiger partial charge < -0.3 is 9.88 Å². The first-order valence-electron chi connectivity index (χ1n) is 5.67. The van der Waals surface area contributed by atoms with E-state index in [2.05, 4.69) is 60.0 Å². The Bertz CT molecular complexity index is 462. The monoisotopic (exact) mass is 234 g/mol. The van der Waals surface area contributed by atoms with E-state index in [0.717, 1.165) is 25.3 Å². The standard InChI is InChI=1S/C13H18N2S/c1-15-10-11(6-7-14-8-9-16)12-4-2-3-5-13(12)15/h2-5,10,14,16H,6-9H2,1H3. The van der Waals surface area contributed by atoms with Crippen LogP contribution in [0.4, 0.5) is 0 Å². The van der Waals surface area contributed by atoms with Gasteiger partial charge in [-0.05, 0) is 24.6 Å². The van der Waals surface area contributed by atoms with Crippen LogP contribution in [0.3, 0.4) is 0 Å². The molecule has 0 spiro atoms. The zero-order valence-corrected chi connectivity index (χ0v) is 10.5. The van der Waals surface area contributed by atoms with Crippen molar-refractivity contribution in [3.8, 4) is 0 Å². The van der Waals surface area contributed by atoms with E-state index in [1.165, 1.54) is 16.5 Å². The van der Waals surface area contributed by atoms with Crippen LogP contribution in [0.2, 0.25) is 0 Å². The van der Waals surface area contributed by atoms with Gasteiger partial charge in [0.05, 0.1) is 0 Å². The van der Waals surface area contributed by atoms with Crippen molar-refractivity contribution in [3.63, 3.8) is 0 Å². The lowest BCUT2D eigenvalue weighted by molar-refractivity contribution is 0.722. The van der Waals surface area contributed by atoms with Crippen molar-refractivity contribution in [2.24, 2.45) is 7.05 Å². The van der Waals surface area contributed by atoms with Gasteiger partial charge >= 0.3 is 0 Å². The van der Waals surface area contributed by atoms with Crippen LogP contribution in [0, 0.1) is 0 Å². The highest BCUT2D eigenvalue weighted by Gasteiger charge is 2.04. The lowest BCUT2D eigenvalue weighted by atomic mass is 10.1. The molecule has 1 heterocycles. The molecule has 0 saturated heterocycles. The zero-order valence-electron chi connectivity index (χ0n) is 9.61. The van der Waals surface area contributed by atoms with E-state index >= 15 is 0 Å². The molecule has 0 aliphatic heterocycles. The van der Waals surface area contributed by atoms with Crippen LogP contribution >= 0.6 is 12.6 Å². The molecule has 0 aliphatic rings. The molecular formula is C13H18N2S. The summed E-state index contributed by atoms with van der Waals surface area (Å²) in [4.78, 5) is 0. The number of nitrogens with one attached hydrogen (secondary N) is 1. The average Bonchev–Trinajstić information content (AvgIpc) is 2.63. The number of aryl methyl sites for hydroxylation is 1. The molecule has 0 saturated carbocycles. The summed E-state index contributed by atoms with van der Waals surface area (Å²) < 4.78 is 2.20. The van der Waals surface area contributed by atoms with Gasteiger partial charge in [0.2, 0.25) is 0 Å². The van der Waals surface area contributed by atoms with Gasteiger partial charge in [-0.25, -0.2) is 0 Å². The van der Waals surface area contributed by atoms with Crippen molar-refractivity contribution in [1.29, 1.82) is 0 Å². The molecule has 0 unspecified atom stereocenters. The molecule has 0 aliphatic carbocycles. The summed E-state index contributed by atoms with van der Waals surface area (Å²) >= 11 is 4.18. The first kappa shape index (κ1) is 11.6. The Morgan fingerprint density at radius 2 is 2.06 bits per heavy atom. The van der Waals surface area contributed by atoms with Gasteiger partial charge in [0, 0.05) is 36.4 Å². The number of hydrogen-bond acceptors (Lipinski definition) is 2. The third-order valence-electron chi connectivity index (χ3n) is 2.84. The summed E-state index contributed by atoms with van der Waals surface area (Å²) in [5.74, 6) is 0.898. The maximum absolute atomic E-state index is 4.18.